The Hall–Kier alpha value is -2.84. The van der Waals surface area contributed by atoms with E-state index in [2.05, 4.69) is 5.32 Å². The van der Waals surface area contributed by atoms with E-state index in [1.54, 1.807) is 48.2 Å². The third-order valence-electron chi connectivity index (χ3n) is 4.10. The zero-order chi connectivity index (χ0) is 21.9. The minimum Gasteiger partial charge on any atom is -0.480 e. The van der Waals surface area contributed by atoms with Crippen LogP contribution < -0.4 is 14.8 Å². The number of benzene rings is 2. The fourth-order valence-corrected chi connectivity index (χ4v) is 3.72. The highest BCUT2D eigenvalue weighted by molar-refractivity contribution is 7.98. The van der Waals surface area contributed by atoms with Crippen molar-refractivity contribution >= 4 is 29.7 Å². The van der Waals surface area contributed by atoms with Gasteiger partial charge in [0.1, 0.15) is 17.5 Å². The highest BCUT2D eigenvalue weighted by Crippen LogP contribution is 2.24. The van der Waals surface area contributed by atoms with Gasteiger partial charge in [-0.05, 0) is 24.3 Å². The summed E-state index contributed by atoms with van der Waals surface area (Å²) in [4.78, 5) is 34.0. The fourth-order valence-electron chi connectivity index (χ4n) is 2.71. The van der Waals surface area contributed by atoms with Gasteiger partial charge in [-0.1, -0.05) is 36.4 Å². The molecule has 0 aromatic heterocycles. The van der Waals surface area contributed by atoms with E-state index in [0.717, 1.165) is 5.56 Å². The zero-order valence-corrected chi connectivity index (χ0v) is 17.7. The van der Waals surface area contributed by atoms with Gasteiger partial charge in [-0.25, -0.2) is 0 Å². The Labute approximate surface area is 179 Å². The van der Waals surface area contributed by atoms with Crippen molar-refractivity contribution in [1.29, 1.82) is 0 Å². The first-order valence-electron chi connectivity index (χ1n) is 9.43. The number of carbonyl (C=O) groups is 3. The van der Waals surface area contributed by atoms with Gasteiger partial charge in [-0.15, -0.1) is 0 Å². The standard InChI is InChI=1S/C22H25NO6S/c1-15(24)28-20-9-5-3-7-17(20)13-23-19(22(26)27)11-12-30-14-18-8-4-6-10-21(18)29-16(2)25/h3-10,19,23H,11-14H2,1-2H3,(H,26,27)/t19-/m0/s1. The molecule has 7 nitrogen and oxygen atoms in total. The molecular weight excluding hydrogens is 406 g/mol. The molecule has 2 aromatic rings. The minimum absolute atomic E-state index is 0.264. The van der Waals surface area contributed by atoms with E-state index >= 15 is 0 Å². The first kappa shape index (κ1) is 23.4. The minimum atomic E-state index is -0.944. The number of hydrogen-bond donors (Lipinski definition) is 2. The molecule has 0 aliphatic heterocycles. The van der Waals surface area contributed by atoms with Gasteiger partial charge in [0.15, 0.2) is 0 Å². The van der Waals surface area contributed by atoms with E-state index in [1.165, 1.54) is 13.8 Å². The van der Waals surface area contributed by atoms with Crippen molar-refractivity contribution < 1.29 is 29.0 Å². The first-order chi connectivity index (χ1) is 14.4. The molecule has 0 heterocycles. The highest BCUT2D eigenvalue weighted by atomic mass is 32.2. The zero-order valence-electron chi connectivity index (χ0n) is 16.9. The number of thioether (sulfide) groups is 1. The molecular formula is C22H25NO6S. The normalized spacial score (nSPS) is 11.5. The Bertz CT molecular complexity index is 885. The van der Waals surface area contributed by atoms with Crippen LogP contribution in [-0.2, 0) is 26.7 Å². The summed E-state index contributed by atoms with van der Waals surface area (Å²) in [6.45, 7) is 2.94. The Morgan fingerprint density at radius 3 is 2.03 bits per heavy atom. The average molecular weight is 432 g/mol. The summed E-state index contributed by atoms with van der Waals surface area (Å²) in [5.74, 6) is 0.389. The average Bonchev–Trinajstić information content (AvgIpc) is 2.68. The van der Waals surface area contributed by atoms with Gasteiger partial charge < -0.3 is 19.9 Å². The molecule has 0 saturated heterocycles. The van der Waals surface area contributed by atoms with Crippen molar-refractivity contribution in [2.75, 3.05) is 5.75 Å². The molecule has 0 fully saturated rings. The number of esters is 2. The van der Waals surface area contributed by atoms with Crippen molar-refractivity contribution in [3.05, 3.63) is 59.7 Å². The Morgan fingerprint density at radius 1 is 0.933 bits per heavy atom. The van der Waals surface area contributed by atoms with Crippen LogP contribution in [0, 0.1) is 0 Å². The maximum absolute atomic E-state index is 11.6. The number of carboxylic acid groups (broad SMARTS) is 1. The molecule has 0 aliphatic carbocycles. The number of hydrogen-bond acceptors (Lipinski definition) is 7. The summed E-state index contributed by atoms with van der Waals surface area (Å²) < 4.78 is 10.4. The summed E-state index contributed by atoms with van der Waals surface area (Å²) in [6.07, 6.45) is 0.408. The van der Waals surface area contributed by atoms with Crippen LogP contribution in [-0.4, -0.2) is 34.8 Å². The second kappa shape index (κ2) is 12.0. The molecule has 2 aromatic carbocycles. The van der Waals surface area contributed by atoms with Crippen LogP contribution in [0.1, 0.15) is 31.4 Å². The molecule has 1 atom stereocenters. The summed E-state index contributed by atoms with van der Waals surface area (Å²) in [7, 11) is 0. The Morgan fingerprint density at radius 2 is 1.47 bits per heavy atom. The van der Waals surface area contributed by atoms with E-state index in [9.17, 15) is 19.5 Å². The lowest BCUT2D eigenvalue weighted by Crippen LogP contribution is -2.36. The molecule has 0 bridgehead atoms. The molecule has 0 radical (unpaired) electrons. The quantitative estimate of drug-likeness (QED) is 0.317. The third-order valence-corrected chi connectivity index (χ3v) is 5.14. The Kier molecular flexibility index (Phi) is 9.37. The molecule has 0 spiro atoms. The van der Waals surface area contributed by atoms with Gasteiger partial charge in [0.05, 0.1) is 0 Å². The number of carbonyl (C=O) groups excluding carboxylic acids is 2. The predicted molar refractivity (Wildman–Crippen MR) is 115 cm³/mol. The molecule has 0 unspecified atom stereocenters. The van der Waals surface area contributed by atoms with Gasteiger partial charge in [-0.3, -0.25) is 14.4 Å². The van der Waals surface area contributed by atoms with Crippen LogP contribution in [0.15, 0.2) is 48.5 Å². The number of para-hydroxylation sites is 2. The van der Waals surface area contributed by atoms with Crippen LogP contribution in [0.4, 0.5) is 0 Å². The molecule has 8 heteroatoms. The van der Waals surface area contributed by atoms with Gasteiger partial charge in [0.2, 0.25) is 0 Å². The van der Waals surface area contributed by atoms with Crippen LogP contribution >= 0.6 is 11.8 Å². The van der Waals surface area contributed by atoms with Crippen molar-refractivity contribution in [1.82, 2.24) is 5.32 Å². The summed E-state index contributed by atoms with van der Waals surface area (Å²) in [6, 6.07) is 13.5. The lowest BCUT2D eigenvalue weighted by molar-refractivity contribution is -0.139. The van der Waals surface area contributed by atoms with E-state index < -0.39 is 18.0 Å². The molecule has 0 aliphatic rings. The van der Waals surface area contributed by atoms with Crippen LogP contribution in [0.5, 0.6) is 11.5 Å². The maximum Gasteiger partial charge on any atom is 0.320 e. The van der Waals surface area contributed by atoms with Gasteiger partial charge in [0, 0.05) is 37.3 Å². The fraction of sp³-hybridized carbons (Fsp3) is 0.318. The smallest absolute Gasteiger partial charge is 0.320 e. The second-order valence-electron chi connectivity index (χ2n) is 6.52. The van der Waals surface area contributed by atoms with E-state index in [0.29, 0.717) is 35.0 Å². The lowest BCUT2D eigenvalue weighted by Gasteiger charge is -2.16. The van der Waals surface area contributed by atoms with Crippen molar-refractivity contribution in [3.8, 4) is 11.5 Å². The van der Waals surface area contributed by atoms with Crippen LogP contribution in [0.2, 0.25) is 0 Å². The van der Waals surface area contributed by atoms with Crippen molar-refractivity contribution in [2.24, 2.45) is 0 Å². The molecule has 160 valence electrons. The number of ether oxygens (including phenoxy) is 2. The van der Waals surface area contributed by atoms with E-state index in [-0.39, 0.29) is 12.5 Å². The van der Waals surface area contributed by atoms with Crippen LogP contribution in [0.3, 0.4) is 0 Å². The SMILES string of the molecule is CC(=O)Oc1ccccc1CN[C@@H](CCSCc1ccccc1OC(C)=O)C(=O)O. The highest BCUT2D eigenvalue weighted by Gasteiger charge is 2.17. The summed E-state index contributed by atoms with van der Waals surface area (Å²) in [5, 5.41) is 12.5. The van der Waals surface area contributed by atoms with E-state index in [1.807, 2.05) is 12.1 Å². The Balaban J connectivity index is 1.87. The number of aliphatic carboxylic acids is 1. The van der Waals surface area contributed by atoms with E-state index in [4.69, 9.17) is 9.47 Å². The van der Waals surface area contributed by atoms with Crippen molar-refractivity contribution in [3.63, 3.8) is 0 Å². The molecule has 0 amide bonds. The van der Waals surface area contributed by atoms with Gasteiger partial charge in [-0.2, -0.15) is 11.8 Å². The summed E-state index contributed by atoms with van der Waals surface area (Å²) in [5.41, 5.74) is 1.59. The predicted octanol–water partition coefficient (Wildman–Crippen LogP) is 3.40. The number of nitrogens with one attached hydrogen (secondary N) is 1. The largest absolute Gasteiger partial charge is 0.480 e. The molecule has 2 rings (SSSR count). The van der Waals surface area contributed by atoms with Crippen LogP contribution in [0.25, 0.3) is 0 Å². The topological polar surface area (TPSA) is 102 Å². The van der Waals surface area contributed by atoms with Gasteiger partial charge in [0.25, 0.3) is 0 Å². The lowest BCUT2D eigenvalue weighted by atomic mass is 10.1. The molecule has 2 N–H and O–H groups in total. The third kappa shape index (κ3) is 7.88. The number of rotatable bonds is 11. The molecule has 30 heavy (non-hydrogen) atoms. The maximum atomic E-state index is 11.6. The van der Waals surface area contributed by atoms with Crippen molar-refractivity contribution in [2.45, 2.75) is 38.6 Å². The summed E-state index contributed by atoms with van der Waals surface area (Å²) >= 11 is 1.56. The number of carboxylic acids is 1. The molecule has 0 saturated carbocycles. The first-order valence-corrected chi connectivity index (χ1v) is 10.6. The second-order valence-corrected chi connectivity index (χ2v) is 7.62. The van der Waals surface area contributed by atoms with Gasteiger partial charge >= 0.3 is 17.9 Å². The monoisotopic (exact) mass is 431 g/mol.